The zero-order valence-corrected chi connectivity index (χ0v) is 14.5. The topological polar surface area (TPSA) is 12.4 Å². The second-order valence-electron chi connectivity index (χ2n) is 4.66. The Hall–Kier alpha value is -0.330. The highest BCUT2D eigenvalue weighted by atomic mass is 32.7. The van der Waals surface area contributed by atoms with Gasteiger partial charge in [-0.15, -0.1) is 12.2 Å². The molecule has 2 rings (SSSR count). The molecular formula is C14H17NP2S2. The van der Waals surface area contributed by atoms with Crippen molar-refractivity contribution in [2.45, 2.75) is 0 Å². The molecule has 0 atom stereocenters. The molecule has 0 aliphatic heterocycles. The quantitative estimate of drug-likeness (QED) is 0.654. The monoisotopic (exact) mass is 325 g/mol. The van der Waals surface area contributed by atoms with Crippen molar-refractivity contribution < 1.29 is 0 Å². The molecule has 0 spiro atoms. The van der Waals surface area contributed by atoms with Crippen molar-refractivity contribution in [1.29, 1.82) is 0 Å². The fourth-order valence-corrected chi connectivity index (χ4v) is 10.7. The Balaban J connectivity index is 2.72. The molecule has 100 valence electrons. The third-order valence-electron chi connectivity index (χ3n) is 2.58. The summed E-state index contributed by atoms with van der Waals surface area (Å²) in [6.07, 6.45) is -3.72. The largest absolute Gasteiger partial charge is 0.252 e. The van der Waals surface area contributed by atoms with Gasteiger partial charge < -0.3 is 0 Å². The zero-order chi connectivity index (χ0) is 13.9. The SMILES string of the molecule is CP(C)(=S)N=P(S)(c1ccccc1)c1ccccc1. The van der Waals surface area contributed by atoms with Crippen molar-refractivity contribution in [3.8, 4) is 0 Å². The van der Waals surface area contributed by atoms with Crippen LogP contribution in [0, 0.1) is 0 Å². The Morgan fingerprint density at radius 1 is 0.842 bits per heavy atom. The van der Waals surface area contributed by atoms with E-state index in [-0.39, 0.29) is 0 Å². The first-order chi connectivity index (χ1) is 8.92. The molecule has 5 heteroatoms. The standard InChI is InChI=1S/C14H17NP2S2/c1-16(2,18)15-17(19,13-9-5-3-6-10-13)14-11-7-4-8-12-14/h3-12,19H,1-2H3. The van der Waals surface area contributed by atoms with Gasteiger partial charge in [0.2, 0.25) is 0 Å². The van der Waals surface area contributed by atoms with Crippen molar-refractivity contribution in [2.75, 3.05) is 13.3 Å². The number of hydrogen-bond donors (Lipinski definition) is 1. The van der Waals surface area contributed by atoms with Crippen LogP contribution in [0.1, 0.15) is 0 Å². The summed E-state index contributed by atoms with van der Waals surface area (Å²) in [6.45, 7) is 4.11. The molecule has 0 saturated carbocycles. The maximum Gasteiger partial charge on any atom is 0.0808 e. The van der Waals surface area contributed by atoms with Gasteiger partial charge in [-0.2, -0.15) is 0 Å². The average Bonchev–Trinajstić information content (AvgIpc) is 2.39. The van der Waals surface area contributed by atoms with Crippen LogP contribution in [0.15, 0.2) is 65.2 Å². The van der Waals surface area contributed by atoms with Crippen LogP contribution in [0.3, 0.4) is 0 Å². The summed E-state index contributed by atoms with van der Waals surface area (Å²) in [5.74, 6) is 0. The van der Waals surface area contributed by atoms with Gasteiger partial charge in [-0.1, -0.05) is 72.5 Å². The molecule has 0 aliphatic rings. The van der Waals surface area contributed by atoms with Crippen LogP contribution >= 0.6 is 24.7 Å². The van der Waals surface area contributed by atoms with Gasteiger partial charge in [-0.25, -0.2) is 0 Å². The molecule has 0 bridgehead atoms. The first kappa shape index (κ1) is 15.1. The fraction of sp³-hybridized carbons (Fsp3) is 0.143. The van der Waals surface area contributed by atoms with Gasteiger partial charge in [0.25, 0.3) is 0 Å². The van der Waals surface area contributed by atoms with E-state index in [1.165, 1.54) is 10.6 Å². The van der Waals surface area contributed by atoms with Crippen LogP contribution in [0.2, 0.25) is 0 Å². The van der Waals surface area contributed by atoms with Gasteiger partial charge >= 0.3 is 0 Å². The van der Waals surface area contributed by atoms with Crippen molar-refractivity contribution in [1.82, 2.24) is 0 Å². The number of benzene rings is 2. The highest BCUT2D eigenvalue weighted by molar-refractivity contribution is 8.55. The lowest BCUT2D eigenvalue weighted by Gasteiger charge is -2.22. The number of hydrogen-bond acceptors (Lipinski definition) is 1. The Bertz CT molecular complexity index is 604. The van der Waals surface area contributed by atoms with Crippen molar-refractivity contribution in [3.63, 3.8) is 0 Å². The molecule has 0 fully saturated rings. The molecule has 0 heterocycles. The maximum absolute atomic E-state index is 5.56. The molecule has 0 N–H and O–H groups in total. The summed E-state index contributed by atoms with van der Waals surface area (Å²) in [7, 11) is 0. The Morgan fingerprint density at radius 3 is 1.53 bits per heavy atom. The van der Waals surface area contributed by atoms with Crippen molar-refractivity contribution >= 4 is 47.1 Å². The highest BCUT2D eigenvalue weighted by Crippen LogP contribution is 2.60. The lowest BCUT2D eigenvalue weighted by molar-refractivity contribution is 1.74. The Kier molecular flexibility index (Phi) is 4.74. The highest BCUT2D eigenvalue weighted by Gasteiger charge is 2.21. The first-order valence-electron chi connectivity index (χ1n) is 5.95. The van der Waals surface area contributed by atoms with Gasteiger partial charge in [0, 0.05) is 10.6 Å². The van der Waals surface area contributed by atoms with E-state index in [9.17, 15) is 0 Å². The van der Waals surface area contributed by atoms with Gasteiger partial charge in [-0.05, 0) is 13.3 Å². The number of rotatable bonds is 3. The van der Waals surface area contributed by atoms with E-state index in [0.29, 0.717) is 0 Å². The van der Waals surface area contributed by atoms with E-state index < -0.39 is 12.4 Å². The molecule has 0 radical (unpaired) electrons. The second kappa shape index (κ2) is 5.97. The van der Waals surface area contributed by atoms with Crippen molar-refractivity contribution in [2.24, 2.45) is 4.52 Å². The van der Waals surface area contributed by atoms with Crippen molar-refractivity contribution in [3.05, 3.63) is 60.7 Å². The normalized spacial score (nSPS) is 12.2. The molecule has 0 unspecified atom stereocenters. The first-order valence-corrected chi connectivity index (χ1v) is 12.5. The molecule has 0 aromatic heterocycles. The fourth-order valence-electron chi connectivity index (χ4n) is 1.84. The zero-order valence-electron chi connectivity index (χ0n) is 11.0. The lowest BCUT2D eigenvalue weighted by Crippen LogP contribution is -2.11. The van der Waals surface area contributed by atoms with Crippen LogP contribution in [-0.2, 0) is 11.8 Å². The average molecular weight is 325 g/mol. The molecule has 19 heavy (non-hydrogen) atoms. The summed E-state index contributed by atoms with van der Waals surface area (Å²) >= 11 is 10.6. The van der Waals surface area contributed by atoms with Crippen LogP contribution in [0.25, 0.3) is 0 Å². The maximum atomic E-state index is 5.56. The van der Waals surface area contributed by atoms with Gasteiger partial charge in [-0.3, -0.25) is 4.52 Å². The van der Waals surface area contributed by atoms with Crippen LogP contribution in [-0.4, -0.2) is 13.3 Å². The van der Waals surface area contributed by atoms with E-state index in [1.54, 1.807) is 0 Å². The van der Waals surface area contributed by atoms with E-state index >= 15 is 0 Å². The van der Waals surface area contributed by atoms with Crippen LogP contribution < -0.4 is 10.6 Å². The summed E-state index contributed by atoms with van der Waals surface area (Å²) < 4.78 is 4.98. The minimum Gasteiger partial charge on any atom is -0.252 e. The summed E-state index contributed by atoms with van der Waals surface area (Å²) in [5.41, 5.74) is 0. The molecule has 0 amide bonds. The van der Waals surface area contributed by atoms with Crippen LogP contribution in [0.5, 0.6) is 0 Å². The summed E-state index contributed by atoms with van der Waals surface area (Å²) in [4.78, 5) is 0. The van der Waals surface area contributed by atoms with E-state index in [0.717, 1.165) is 0 Å². The second-order valence-corrected chi connectivity index (χ2v) is 14.6. The van der Waals surface area contributed by atoms with E-state index in [4.69, 9.17) is 28.6 Å². The third-order valence-corrected chi connectivity index (χ3v) is 10.1. The molecule has 1 nitrogen and oxygen atoms in total. The Labute approximate surface area is 125 Å². The minimum absolute atomic E-state index is 1.17. The summed E-state index contributed by atoms with van der Waals surface area (Å²) in [6, 6.07) is 20.6. The molecule has 0 aliphatic carbocycles. The molecule has 2 aromatic rings. The predicted octanol–water partition coefficient (Wildman–Crippen LogP) is 4.34. The molecule has 2 aromatic carbocycles. The molecular weight excluding hydrogens is 308 g/mol. The van der Waals surface area contributed by atoms with Crippen LogP contribution in [0.4, 0.5) is 0 Å². The Morgan fingerprint density at radius 2 is 1.21 bits per heavy atom. The van der Waals surface area contributed by atoms with Gasteiger partial charge in [0.05, 0.1) is 12.4 Å². The number of thiol groups is 1. The van der Waals surface area contributed by atoms with Gasteiger partial charge in [0.15, 0.2) is 0 Å². The summed E-state index contributed by atoms with van der Waals surface area (Å²) in [5, 5.41) is 2.34. The third kappa shape index (κ3) is 3.83. The smallest absolute Gasteiger partial charge is 0.0808 e. The van der Waals surface area contributed by atoms with E-state index in [1.807, 2.05) is 36.4 Å². The van der Waals surface area contributed by atoms with E-state index in [2.05, 4.69) is 37.6 Å². The van der Waals surface area contributed by atoms with Gasteiger partial charge in [0.1, 0.15) is 0 Å². The lowest BCUT2D eigenvalue weighted by atomic mass is 10.4. The molecule has 0 saturated heterocycles. The minimum atomic E-state index is -2.03. The number of nitrogens with zero attached hydrogens (tertiary/aromatic N) is 1. The predicted molar refractivity (Wildman–Crippen MR) is 96.6 cm³/mol.